The van der Waals surface area contributed by atoms with Crippen molar-refractivity contribution in [1.82, 2.24) is 5.43 Å². The van der Waals surface area contributed by atoms with E-state index in [1.807, 2.05) is 101 Å². The van der Waals surface area contributed by atoms with E-state index in [0.717, 1.165) is 37.7 Å². The predicted molar refractivity (Wildman–Crippen MR) is 142 cm³/mol. The van der Waals surface area contributed by atoms with Gasteiger partial charge < -0.3 is 4.59 Å². The number of nitrogens with one attached hydrogen (secondary N) is 1. The van der Waals surface area contributed by atoms with Crippen LogP contribution in [0.2, 0.25) is 0 Å². The standard InChI is InChI=1S/C15H14ClN.C13H19ClN2/c1-12(13-8-4-3-5-9-13)15(16)14-10-6-7-11-17(14)2;1-11(12-8-6-5-7-9-12)13(14)10-15-16(2,3)4/h3-11H,2H2,1H3;5-9,15H,2,10H2,1,3-4H3/b;13-11-. The van der Waals surface area contributed by atoms with Crippen molar-refractivity contribution in [2.45, 2.75) is 13.8 Å². The normalized spacial score (nSPS) is 16.2. The lowest BCUT2D eigenvalue weighted by Crippen LogP contribution is -2.46. The summed E-state index contributed by atoms with van der Waals surface area (Å²) in [6.07, 6.45) is 12.0. The third kappa shape index (κ3) is 8.71. The molecule has 5 heteroatoms. The Morgan fingerprint density at radius 2 is 1.73 bits per heavy atom. The lowest BCUT2D eigenvalue weighted by Gasteiger charge is -2.32. The average molecular weight is 482 g/mol. The van der Waals surface area contributed by atoms with Gasteiger partial charge >= 0.3 is 0 Å². The number of rotatable bonds is 5. The van der Waals surface area contributed by atoms with Crippen LogP contribution < -0.4 is 15.0 Å². The zero-order chi connectivity index (χ0) is 24.4. The van der Waals surface area contributed by atoms with Gasteiger partial charge in [-0.2, -0.15) is 9.67 Å². The van der Waals surface area contributed by atoms with E-state index in [1.165, 1.54) is 0 Å². The van der Waals surface area contributed by atoms with Crippen molar-refractivity contribution >= 4 is 33.8 Å². The van der Waals surface area contributed by atoms with Gasteiger partial charge in [0.2, 0.25) is 5.35 Å². The van der Waals surface area contributed by atoms with Crippen molar-refractivity contribution in [2.75, 3.05) is 20.6 Å². The Labute approximate surface area is 208 Å². The molecular formula is C28H33Cl2N3. The van der Waals surface area contributed by atoms with Crippen LogP contribution in [0, 0.1) is 20.2 Å². The Morgan fingerprint density at radius 3 is 2.30 bits per heavy atom. The molecule has 2 aromatic rings. The van der Waals surface area contributed by atoms with Crippen LogP contribution in [0.15, 0.2) is 95.2 Å². The summed E-state index contributed by atoms with van der Waals surface area (Å²) in [5, 5.41) is 2.46. The smallest absolute Gasteiger partial charge is 0.219 e. The van der Waals surface area contributed by atoms with Gasteiger partial charge in [0.25, 0.3) is 0 Å². The van der Waals surface area contributed by atoms with E-state index in [1.54, 1.807) is 4.24 Å². The third-order valence-corrected chi connectivity index (χ3v) is 5.87. The van der Waals surface area contributed by atoms with Gasteiger partial charge in [-0.15, -0.1) is 43.3 Å². The Kier molecular flexibility index (Phi) is 10.2. The summed E-state index contributed by atoms with van der Waals surface area (Å²) in [7, 11) is 7.84. The number of hydrogen-bond acceptors (Lipinski definition) is 1. The maximum atomic E-state index is 6.42. The van der Waals surface area contributed by atoms with Gasteiger partial charge in [-0.25, -0.2) is 0 Å². The number of pyridine rings is 1. The molecule has 1 aromatic carbocycles. The van der Waals surface area contributed by atoms with Gasteiger partial charge in [-0.05, 0) is 24.1 Å². The Hall–Kier alpha value is -2.56. The first-order valence-electron chi connectivity index (χ1n) is 10.7. The maximum absolute atomic E-state index is 6.42. The quantitative estimate of drug-likeness (QED) is 0.253. The van der Waals surface area contributed by atoms with Gasteiger partial charge in [0.15, 0.2) is 6.20 Å². The molecule has 0 spiro atoms. The summed E-state index contributed by atoms with van der Waals surface area (Å²) < 4.78 is 2.22. The maximum Gasteiger partial charge on any atom is 0.219 e. The van der Waals surface area contributed by atoms with Crippen LogP contribution in [-0.4, -0.2) is 25.2 Å². The van der Waals surface area contributed by atoms with Crippen LogP contribution in [-0.2, 0) is 0 Å². The molecule has 1 N–H and O–H groups in total. The van der Waals surface area contributed by atoms with Crippen molar-refractivity contribution in [2.24, 2.45) is 0 Å². The molecule has 0 atom stereocenters. The Balaban J connectivity index is 0.000000234. The molecule has 0 radical (unpaired) electrons. The van der Waals surface area contributed by atoms with Gasteiger partial charge in [0, 0.05) is 17.2 Å². The number of halogens is 2. The molecule has 0 amide bonds. The number of nitrogens with zero attached hydrogens (tertiary/aromatic N) is 2. The van der Waals surface area contributed by atoms with Gasteiger partial charge in [-0.1, -0.05) is 66.0 Å². The van der Waals surface area contributed by atoms with E-state index in [0.29, 0.717) is 11.1 Å². The predicted octanol–water partition coefficient (Wildman–Crippen LogP) is 5.64. The minimum Gasteiger partial charge on any atom is -0.381 e. The van der Waals surface area contributed by atoms with Crippen LogP contribution >= 0.6 is 23.2 Å². The SMILES string of the molecule is C=[n+]1ccccc1=C(Cl)C(C)=C1C=CC=C[CH-]1.[CH2-][N+](C)(C)NC/C(Cl)=C(\C)c1ccccc1. The highest BCUT2D eigenvalue weighted by Crippen LogP contribution is 2.23. The first kappa shape index (κ1) is 26.7. The lowest BCUT2D eigenvalue weighted by atomic mass is 10.0. The van der Waals surface area contributed by atoms with Crippen LogP contribution in [0.5, 0.6) is 0 Å². The van der Waals surface area contributed by atoms with Crippen LogP contribution in [0.3, 0.4) is 0 Å². The summed E-state index contributed by atoms with van der Waals surface area (Å²) in [4.78, 5) is 0. The summed E-state index contributed by atoms with van der Waals surface area (Å²) in [6, 6.07) is 16.0. The van der Waals surface area contributed by atoms with Crippen molar-refractivity contribution < 1.29 is 8.83 Å². The largest absolute Gasteiger partial charge is 0.381 e. The summed E-state index contributed by atoms with van der Waals surface area (Å²) in [5.41, 5.74) is 7.64. The average Bonchev–Trinajstić information content (AvgIpc) is 2.82. The highest BCUT2D eigenvalue weighted by atomic mass is 35.5. The molecule has 33 heavy (non-hydrogen) atoms. The topological polar surface area (TPSA) is 17.9 Å². The number of benzene rings is 1. The molecule has 0 fully saturated rings. The highest BCUT2D eigenvalue weighted by molar-refractivity contribution is 6.48. The second kappa shape index (κ2) is 12.6. The van der Waals surface area contributed by atoms with Crippen molar-refractivity contribution in [1.29, 1.82) is 0 Å². The second-order valence-electron chi connectivity index (χ2n) is 8.28. The van der Waals surface area contributed by atoms with Crippen LogP contribution in [0.1, 0.15) is 19.4 Å². The van der Waals surface area contributed by atoms with Gasteiger partial charge in [0.1, 0.15) is 6.72 Å². The Morgan fingerprint density at radius 1 is 1.06 bits per heavy atom. The molecule has 174 valence electrons. The van der Waals surface area contributed by atoms with E-state index in [9.17, 15) is 0 Å². The van der Waals surface area contributed by atoms with Crippen molar-refractivity contribution in [3.05, 3.63) is 126 Å². The van der Waals surface area contributed by atoms with Crippen molar-refractivity contribution in [3.63, 3.8) is 0 Å². The molecule has 1 heterocycles. The van der Waals surface area contributed by atoms with E-state index in [4.69, 9.17) is 23.2 Å². The van der Waals surface area contributed by atoms with E-state index < -0.39 is 0 Å². The monoisotopic (exact) mass is 481 g/mol. The molecule has 3 nitrogen and oxygen atoms in total. The second-order valence-corrected chi connectivity index (χ2v) is 9.11. The van der Waals surface area contributed by atoms with E-state index in [-0.39, 0.29) is 0 Å². The Bertz CT molecular complexity index is 1170. The molecule has 1 aliphatic rings. The van der Waals surface area contributed by atoms with Gasteiger partial charge in [0.05, 0.1) is 25.7 Å². The third-order valence-electron chi connectivity index (χ3n) is 4.98. The zero-order valence-electron chi connectivity index (χ0n) is 19.9. The van der Waals surface area contributed by atoms with Crippen molar-refractivity contribution in [3.8, 4) is 0 Å². The van der Waals surface area contributed by atoms with E-state index >= 15 is 0 Å². The van der Waals surface area contributed by atoms with Crippen LogP contribution in [0.25, 0.3) is 10.6 Å². The molecule has 0 saturated heterocycles. The lowest BCUT2D eigenvalue weighted by molar-refractivity contribution is -0.890. The summed E-state index contributed by atoms with van der Waals surface area (Å²) in [5.74, 6) is 0. The fourth-order valence-corrected chi connectivity index (χ4v) is 3.39. The number of hydrogen-bond donors (Lipinski definition) is 1. The fraction of sp³-hybridized carbons (Fsp3) is 0.179. The molecular weight excluding hydrogens is 449 g/mol. The first-order valence-corrected chi connectivity index (χ1v) is 11.4. The zero-order valence-corrected chi connectivity index (χ0v) is 21.4. The molecule has 1 aromatic heterocycles. The highest BCUT2D eigenvalue weighted by Gasteiger charge is 2.06. The molecule has 0 aliphatic heterocycles. The van der Waals surface area contributed by atoms with Crippen LogP contribution in [0.4, 0.5) is 0 Å². The molecule has 0 saturated carbocycles. The summed E-state index contributed by atoms with van der Waals surface area (Å²) >= 11 is 12.7. The first-order chi connectivity index (χ1) is 15.6. The minimum absolute atomic E-state index is 0.443. The molecule has 0 unspecified atom stereocenters. The number of quaternary nitrogens is 1. The number of allylic oxidation sites excluding steroid dienone is 7. The summed E-state index contributed by atoms with van der Waals surface area (Å²) in [6.45, 7) is 8.59. The minimum atomic E-state index is 0.443. The van der Waals surface area contributed by atoms with E-state index in [2.05, 4.69) is 31.3 Å². The fourth-order valence-electron chi connectivity index (χ4n) is 2.94. The number of aromatic nitrogens is 1. The van der Waals surface area contributed by atoms with Gasteiger partial charge in [-0.3, -0.25) is 0 Å². The molecule has 0 bridgehead atoms. The molecule has 1 aliphatic carbocycles. The molecule has 3 rings (SSSR count).